The lowest BCUT2D eigenvalue weighted by atomic mass is 10.0. The lowest BCUT2D eigenvalue weighted by Crippen LogP contribution is -2.05. The highest BCUT2D eigenvalue weighted by molar-refractivity contribution is 7.98. The van der Waals surface area contributed by atoms with Gasteiger partial charge in [-0.25, -0.2) is 4.79 Å². The van der Waals surface area contributed by atoms with Gasteiger partial charge in [0.25, 0.3) is 0 Å². The van der Waals surface area contributed by atoms with Crippen molar-refractivity contribution in [3.63, 3.8) is 0 Å². The molecule has 0 fully saturated rings. The van der Waals surface area contributed by atoms with Crippen LogP contribution >= 0.6 is 23.4 Å². The quantitative estimate of drug-likeness (QED) is 0.293. The van der Waals surface area contributed by atoms with Crippen molar-refractivity contribution in [3.05, 3.63) is 59.7 Å². The maximum Gasteiger partial charge on any atom is 0.337 e. The molecule has 1 N–H and O–H groups in total. The molecular formula is C21H26ClNO3S. The van der Waals surface area contributed by atoms with E-state index < -0.39 is 0 Å². The average molecular weight is 408 g/mol. The molecule has 0 aliphatic rings. The van der Waals surface area contributed by atoms with E-state index in [9.17, 15) is 9.59 Å². The minimum absolute atomic E-state index is 0.307. The zero-order valence-corrected chi connectivity index (χ0v) is 17.7. The number of carbonyl (C=O) groups is 2. The number of hydrogen-bond acceptors (Lipinski definition) is 4. The normalized spacial score (nSPS) is 10.4. The summed E-state index contributed by atoms with van der Waals surface area (Å²) in [5.74, 6) is 1.10. The Bertz CT molecular complexity index is 744. The van der Waals surface area contributed by atoms with Crippen LogP contribution in [0.3, 0.4) is 0 Å². The van der Waals surface area contributed by atoms with Gasteiger partial charge in [0.2, 0.25) is 6.41 Å². The summed E-state index contributed by atoms with van der Waals surface area (Å²) in [7, 11) is 1.37. The molecule has 2 aromatic rings. The number of anilines is 1. The number of alkyl halides is 1. The van der Waals surface area contributed by atoms with Crippen molar-refractivity contribution < 1.29 is 14.3 Å². The predicted octanol–water partition coefficient (Wildman–Crippen LogP) is 5.61. The number of carbonyl (C=O) groups excluding carboxylic acids is 2. The number of methoxy groups -OCH3 is 1. The Labute approximate surface area is 170 Å². The number of esters is 1. The number of halogens is 1. The largest absolute Gasteiger partial charge is 0.465 e. The van der Waals surface area contributed by atoms with Gasteiger partial charge in [-0.2, -0.15) is 0 Å². The van der Waals surface area contributed by atoms with E-state index in [1.165, 1.54) is 7.11 Å². The summed E-state index contributed by atoms with van der Waals surface area (Å²) in [5, 5.41) is 2.68. The summed E-state index contributed by atoms with van der Waals surface area (Å²) in [4.78, 5) is 23.1. The average Bonchev–Trinajstić information content (AvgIpc) is 2.67. The molecule has 0 radical (unpaired) electrons. The third kappa shape index (κ3) is 8.98. The summed E-state index contributed by atoms with van der Waals surface area (Å²) < 4.78 is 4.71. The number of amides is 1. The van der Waals surface area contributed by atoms with Gasteiger partial charge in [0, 0.05) is 16.5 Å². The van der Waals surface area contributed by atoms with E-state index in [-0.39, 0.29) is 5.97 Å². The molecule has 0 spiro atoms. The highest BCUT2D eigenvalue weighted by Gasteiger charge is 2.07. The molecule has 27 heavy (non-hydrogen) atoms. The molecule has 146 valence electrons. The number of thioether (sulfide) groups is 1. The number of rotatable bonds is 6. The van der Waals surface area contributed by atoms with Crippen molar-refractivity contribution in [1.82, 2.24) is 0 Å². The van der Waals surface area contributed by atoms with Crippen molar-refractivity contribution in [2.45, 2.75) is 31.4 Å². The fourth-order valence-electron chi connectivity index (χ4n) is 1.84. The van der Waals surface area contributed by atoms with E-state index in [0.717, 1.165) is 22.0 Å². The number of ether oxygens (including phenoxy) is 1. The van der Waals surface area contributed by atoms with Crippen LogP contribution in [-0.2, 0) is 15.3 Å². The van der Waals surface area contributed by atoms with E-state index in [0.29, 0.717) is 23.1 Å². The highest BCUT2D eigenvalue weighted by atomic mass is 35.5. The minimum atomic E-state index is -0.343. The second-order valence-corrected chi connectivity index (χ2v) is 8.22. The molecule has 1 amide bonds. The molecule has 0 saturated carbocycles. The number of benzene rings is 2. The van der Waals surface area contributed by atoms with E-state index in [4.69, 9.17) is 16.3 Å². The zero-order valence-electron chi connectivity index (χ0n) is 16.1. The van der Waals surface area contributed by atoms with E-state index in [1.807, 2.05) is 42.5 Å². The van der Waals surface area contributed by atoms with Crippen molar-refractivity contribution in [2.75, 3.05) is 18.3 Å². The summed E-state index contributed by atoms with van der Waals surface area (Å²) >= 11 is 7.07. The van der Waals surface area contributed by atoms with Crippen LogP contribution in [0.5, 0.6) is 0 Å². The molecule has 0 heterocycles. The second kappa shape index (κ2) is 11.7. The van der Waals surface area contributed by atoms with Crippen LogP contribution < -0.4 is 5.32 Å². The Balaban J connectivity index is 0.000000527. The maximum absolute atomic E-state index is 11.5. The van der Waals surface area contributed by atoms with Gasteiger partial charge in [-0.1, -0.05) is 45.0 Å². The molecule has 0 saturated heterocycles. The van der Waals surface area contributed by atoms with E-state index in [2.05, 4.69) is 26.1 Å². The fourth-order valence-corrected chi connectivity index (χ4v) is 2.80. The van der Waals surface area contributed by atoms with Gasteiger partial charge in [0.05, 0.1) is 18.4 Å². The SMILES string of the molecule is CC(C)(C)CCl.COC(=O)c1cccc(CSc2ccccc2NC=O)c1. The molecule has 2 rings (SSSR count). The zero-order chi connectivity index (χ0) is 20.3. The van der Waals surface area contributed by atoms with Crippen LogP contribution in [0.2, 0.25) is 0 Å². The first-order valence-electron chi connectivity index (χ1n) is 8.46. The van der Waals surface area contributed by atoms with Crippen molar-refractivity contribution in [1.29, 1.82) is 0 Å². The summed E-state index contributed by atoms with van der Waals surface area (Å²) in [5.41, 5.74) is 2.64. The number of para-hydroxylation sites is 1. The molecule has 4 nitrogen and oxygen atoms in total. The van der Waals surface area contributed by atoms with Gasteiger partial charge >= 0.3 is 5.97 Å². The second-order valence-electron chi connectivity index (χ2n) is 6.93. The van der Waals surface area contributed by atoms with E-state index >= 15 is 0 Å². The molecule has 0 aliphatic heterocycles. The monoisotopic (exact) mass is 407 g/mol. The lowest BCUT2D eigenvalue weighted by molar-refractivity contribution is -0.105. The molecule has 0 unspecified atom stereocenters. The van der Waals surface area contributed by atoms with Crippen molar-refractivity contribution >= 4 is 41.4 Å². The first kappa shape index (κ1) is 23.1. The number of nitrogens with one attached hydrogen (secondary N) is 1. The van der Waals surface area contributed by atoms with E-state index in [1.54, 1.807) is 17.8 Å². The smallest absolute Gasteiger partial charge is 0.337 e. The Morgan fingerprint density at radius 3 is 2.44 bits per heavy atom. The Morgan fingerprint density at radius 1 is 1.19 bits per heavy atom. The highest BCUT2D eigenvalue weighted by Crippen LogP contribution is 2.29. The van der Waals surface area contributed by atoms with Crippen molar-refractivity contribution in [3.8, 4) is 0 Å². The Morgan fingerprint density at radius 2 is 1.85 bits per heavy atom. The van der Waals surface area contributed by atoms with Crippen LogP contribution in [0, 0.1) is 5.41 Å². The standard InChI is InChI=1S/C16H15NO3S.C5H11Cl/c1-20-16(19)13-6-4-5-12(9-13)10-21-15-8-3-2-7-14(15)17-11-18;1-5(2,3)4-6/h2-9,11H,10H2,1H3,(H,17,18);4H2,1-3H3. The topological polar surface area (TPSA) is 55.4 Å². The summed E-state index contributed by atoms with van der Waals surface area (Å²) in [6, 6.07) is 14.9. The van der Waals surface area contributed by atoms with Crippen LogP contribution in [0.15, 0.2) is 53.4 Å². The van der Waals surface area contributed by atoms with Gasteiger partial charge in [-0.3, -0.25) is 4.79 Å². The van der Waals surface area contributed by atoms with Gasteiger partial charge in [-0.05, 0) is 35.2 Å². The van der Waals surface area contributed by atoms with Crippen LogP contribution in [0.25, 0.3) is 0 Å². The Kier molecular flexibility index (Phi) is 9.97. The lowest BCUT2D eigenvalue weighted by Gasteiger charge is -2.10. The van der Waals surface area contributed by atoms with Crippen LogP contribution in [-0.4, -0.2) is 25.4 Å². The fraction of sp³-hybridized carbons (Fsp3) is 0.333. The minimum Gasteiger partial charge on any atom is -0.465 e. The molecule has 0 aliphatic carbocycles. The maximum atomic E-state index is 11.5. The van der Waals surface area contributed by atoms with Crippen LogP contribution in [0.4, 0.5) is 5.69 Å². The van der Waals surface area contributed by atoms with Crippen molar-refractivity contribution in [2.24, 2.45) is 5.41 Å². The number of hydrogen-bond donors (Lipinski definition) is 1. The van der Waals surface area contributed by atoms with Gasteiger partial charge in [0.15, 0.2) is 0 Å². The van der Waals surface area contributed by atoms with Gasteiger partial charge < -0.3 is 10.1 Å². The predicted molar refractivity (Wildman–Crippen MR) is 114 cm³/mol. The third-order valence-electron chi connectivity index (χ3n) is 3.24. The molecular weight excluding hydrogens is 382 g/mol. The first-order chi connectivity index (χ1) is 12.8. The molecule has 6 heteroatoms. The molecule has 2 aromatic carbocycles. The molecule has 0 atom stereocenters. The summed E-state index contributed by atoms with van der Waals surface area (Å²) in [6.45, 7) is 6.33. The molecule has 0 bridgehead atoms. The van der Waals surface area contributed by atoms with Crippen LogP contribution in [0.1, 0.15) is 36.7 Å². The van der Waals surface area contributed by atoms with Gasteiger partial charge in [0.1, 0.15) is 0 Å². The summed E-state index contributed by atoms with van der Waals surface area (Å²) in [6.07, 6.45) is 0.664. The Hall–Kier alpha value is -1.98. The third-order valence-corrected chi connectivity index (χ3v) is 5.19. The molecule has 0 aromatic heterocycles. The van der Waals surface area contributed by atoms with Gasteiger partial charge in [-0.15, -0.1) is 23.4 Å². The first-order valence-corrected chi connectivity index (χ1v) is 9.98.